The lowest BCUT2D eigenvalue weighted by Gasteiger charge is -2.18. The van der Waals surface area contributed by atoms with Gasteiger partial charge in [0.1, 0.15) is 15.3 Å². The molecule has 0 aliphatic rings. The molecule has 1 amide bonds. The summed E-state index contributed by atoms with van der Waals surface area (Å²) in [5.41, 5.74) is 0.441. The molecule has 0 spiro atoms. The van der Waals surface area contributed by atoms with Crippen molar-refractivity contribution >= 4 is 38.4 Å². The predicted molar refractivity (Wildman–Crippen MR) is 102 cm³/mol. The molecule has 2 heterocycles. The second-order valence-corrected chi connectivity index (χ2v) is 9.91. The van der Waals surface area contributed by atoms with Crippen molar-refractivity contribution in [2.24, 2.45) is 0 Å². The topological polar surface area (TPSA) is 63.2 Å². The number of thiophene rings is 2. The Balaban J connectivity index is 1.81. The molecule has 1 atom stereocenters. The van der Waals surface area contributed by atoms with Crippen LogP contribution in [-0.4, -0.2) is 20.9 Å². The van der Waals surface area contributed by atoms with E-state index in [9.17, 15) is 17.6 Å². The number of halogens is 1. The third-order valence-corrected chi connectivity index (χ3v) is 8.20. The van der Waals surface area contributed by atoms with E-state index in [2.05, 4.69) is 5.32 Å². The Labute approximate surface area is 159 Å². The van der Waals surface area contributed by atoms with Crippen LogP contribution in [0.3, 0.4) is 0 Å². The molecule has 3 rings (SSSR count). The molecule has 1 aromatic carbocycles. The number of benzene rings is 1. The monoisotopic (exact) mass is 409 g/mol. The Morgan fingerprint density at radius 3 is 2.35 bits per heavy atom. The SMILES string of the molecule is O=C(Cc1cccs1)NC[C@@H](c1ccc(F)cc1)S(=O)(=O)c1cccs1. The highest BCUT2D eigenvalue weighted by molar-refractivity contribution is 7.93. The van der Waals surface area contributed by atoms with Gasteiger partial charge in [0, 0.05) is 11.4 Å². The van der Waals surface area contributed by atoms with Crippen molar-refractivity contribution in [3.05, 3.63) is 75.5 Å². The Morgan fingerprint density at radius 2 is 1.73 bits per heavy atom. The van der Waals surface area contributed by atoms with Gasteiger partial charge < -0.3 is 5.32 Å². The van der Waals surface area contributed by atoms with Gasteiger partial charge in [-0.1, -0.05) is 24.3 Å². The Hall–Kier alpha value is -2.03. The summed E-state index contributed by atoms with van der Waals surface area (Å²) in [4.78, 5) is 13.1. The summed E-state index contributed by atoms with van der Waals surface area (Å²) in [7, 11) is -3.70. The maximum Gasteiger partial charge on any atom is 0.225 e. The van der Waals surface area contributed by atoms with Crippen LogP contribution in [0.4, 0.5) is 4.39 Å². The number of amides is 1. The molecule has 0 aliphatic heterocycles. The summed E-state index contributed by atoms with van der Waals surface area (Å²) in [5.74, 6) is -0.691. The van der Waals surface area contributed by atoms with Gasteiger partial charge in [0.2, 0.25) is 5.91 Å². The van der Waals surface area contributed by atoms with Crippen molar-refractivity contribution in [1.29, 1.82) is 0 Å². The van der Waals surface area contributed by atoms with Crippen molar-refractivity contribution in [2.75, 3.05) is 6.54 Å². The number of sulfone groups is 1. The van der Waals surface area contributed by atoms with E-state index in [4.69, 9.17) is 0 Å². The standard InChI is InChI=1S/C18H16FNO3S3/c19-14-7-5-13(6-8-14)16(26(22,23)18-4-2-10-25-18)12-20-17(21)11-15-3-1-9-24-15/h1-10,16H,11-12H2,(H,20,21)/t16-/m0/s1. The third kappa shape index (κ3) is 4.38. The van der Waals surface area contributed by atoms with Crippen molar-refractivity contribution < 1.29 is 17.6 Å². The van der Waals surface area contributed by atoms with Crippen LogP contribution in [0.2, 0.25) is 0 Å². The van der Waals surface area contributed by atoms with Crippen LogP contribution >= 0.6 is 22.7 Å². The molecule has 0 saturated carbocycles. The molecule has 136 valence electrons. The lowest BCUT2D eigenvalue weighted by molar-refractivity contribution is -0.120. The van der Waals surface area contributed by atoms with Crippen LogP contribution in [-0.2, 0) is 21.1 Å². The summed E-state index contributed by atoms with van der Waals surface area (Å²) >= 11 is 2.59. The zero-order valence-electron chi connectivity index (χ0n) is 13.6. The molecule has 26 heavy (non-hydrogen) atoms. The van der Waals surface area contributed by atoms with Crippen LogP contribution in [0.1, 0.15) is 15.7 Å². The maximum atomic E-state index is 13.2. The fourth-order valence-electron chi connectivity index (χ4n) is 2.49. The van der Waals surface area contributed by atoms with Gasteiger partial charge in [-0.25, -0.2) is 12.8 Å². The lowest BCUT2D eigenvalue weighted by Crippen LogP contribution is -2.32. The number of hydrogen-bond donors (Lipinski definition) is 1. The summed E-state index contributed by atoms with van der Waals surface area (Å²) in [6, 6.07) is 12.2. The van der Waals surface area contributed by atoms with Gasteiger partial charge in [-0.15, -0.1) is 22.7 Å². The molecule has 4 nitrogen and oxygen atoms in total. The molecule has 0 unspecified atom stereocenters. The molecule has 2 aromatic heterocycles. The van der Waals surface area contributed by atoms with E-state index in [1.165, 1.54) is 41.7 Å². The van der Waals surface area contributed by atoms with Crippen molar-refractivity contribution in [3.8, 4) is 0 Å². The van der Waals surface area contributed by atoms with Crippen LogP contribution in [0.5, 0.6) is 0 Å². The first-order valence-electron chi connectivity index (χ1n) is 7.79. The van der Waals surface area contributed by atoms with E-state index in [0.29, 0.717) is 5.56 Å². The van der Waals surface area contributed by atoms with Gasteiger partial charge in [-0.3, -0.25) is 4.79 Å². The number of carbonyl (C=O) groups excluding carboxylic acids is 1. The second-order valence-electron chi connectivity index (χ2n) is 5.58. The molecular formula is C18H16FNO3S3. The maximum absolute atomic E-state index is 13.2. The number of carbonyl (C=O) groups is 1. The first-order valence-corrected chi connectivity index (χ1v) is 11.1. The van der Waals surface area contributed by atoms with Gasteiger partial charge in [-0.2, -0.15) is 0 Å². The summed E-state index contributed by atoms with van der Waals surface area (Å²) in [6.07, 6.45) is 0.201. The highest BCUT2D eigenvalue weighted by atomic mass is 32.2. The number of nitrogens with one attached hydrogen (secondary N) is 1. The molecule has 0 bridgehead atoms. The van der Waals surface area contributed by atoms with Gasteiger partial charge in [0.05, 0.1) is 6.42 Å². The van der Waals surface area contributed by atoms with E-state index in [1.54, 1.807) is 11.4 Å². The number of hydrogen-bond acceptors (Lipinski definition) is 5. The highest BCUT2D eigenvalue weighted by Gasteiger charge is 2.30. The third-order valence-electron chi connectivity index (χ3n) is 3.79. The fourth-order valence-corrected chi connectivity index (χ4v) is 6.06. The molecule has 0 fully saturated rings. The van der Waals surface area contributed by atoms with Crippen LogP contribution in [0.25, 0.3) is 0 Å². The van der Waals surface area contributed by atoms with E-state index in [0.717, 1.165) is 16.2 Å². The van der Waals surface area contributed by atoms with E-state index >= 15 is 0 Å². The second kappa shape index (κ2) is 8.11. The largest absolute Gasteiger partial charge is 0.354 e. The Kier molecular flexibility index (Phi) is 5.85. The summed E-state index contributed by atoms with van der Waals surface area (Å²) in [5, 5.41) is 5.29. The molecule has 1 N–H and O–H groups in total. The molecule has 0 saturated heterocycles. The molecular weight excluding hydrogens is 393 g/mol. The van der Waals surface area contributed by atoms with Crippen LogP contribution < -0.4 is 5.32 Å². The Morgan fingerprint density at radius 1 is 1.04 bits per heavy atom. The first kappa shape index (κ1) is 18.8. The predicted octanol–water partition coefficient (Wildman–Crippen LogP) is 3.82. The van der Waals surface area contributed by atoms with E-state index in [-0.39, 0.29) is 23.1 Å². The lowest BCUT2D eigenvalue weighted by atomic mass is 10.1. The van der Waals surface area contributed by atoms with Crippen molar-refractivity contribution in [2.45, 2.75) is 15.9 Å². The van der Waals surface area contributed by atoms with E-state index in [1.807, 2.05) is 17.5 Å². The van der Waals surface area contributed by atoms with E-state index < -0.39 is 20.9 Å². The summed E-state index contributed by atoms with van der Waals surface area (Å²) < 4.78 is 39.4. The van der Waals surface area contributed by atoms with Crippen LogP contribution in [0.15, 0.2) is 63.5 Å². The first-order chi connectivity index (χ1) is 12.5. The minimum Gasteiger partial charge on any atom is -0.354 e. The minimum atomic E-state index is -3.70. The number of rotatable bonds is 7. The van der Waals surface area contributed by atoms with Gasteiger partial charge in [-0.05, 0) is 40.6 Å². The summed E-state index contributed by atoms with van der Waals surface area (Å²) in [6.45, 7) is -0.0733. The fraction of sp³-hybridized carbons (Fsp3) is 0.167. The average molecular weight is 410 g/mol. The normalized spacial score (nSPS) is 12.7. The molecule has 0 radical (unpaired) electrons. The van der Waals surface area contributed by atoms with Crippen molar-refractivity contribution in [1.82, 2.24) is 5.32 Å². The molecule has 3 aromatic rings. The smallest absolute Gasteiger partial charge is 0.225 e. The minimum absolute atomic E-state index is 0.0733. The van der Waals surface area contributed by atoms with Gasteiger partial charge >= 0.3 is 0 Å². The quantitative estimate of drug-likeness (QED) is 0.645. The average Bonchev–Trinajstić information content (AvgIpc) is 3.30. The molecule has 0 aliphatic carbocycles. The molecule has 8 heteroatoms. The zero-order chi connectivity index (χ0) is 18.6. The highest BCUT2D eigenvalue weighted by Crippen LogP contribution is 2.31. The van der Waals surface area contributed by atoms with Gasteiger partial charge in [0.15, 0.2) is 9.84 Å². The van der Waals surface area contributed by atoms with Crippen molar-refractivity contribution in [3.63, 3.8) is 0 Å². The van der Waals surface area contributed by atoms with Crippen LogP contribution in [0, 0.1) is 5.82 Å². The Bertz CT molecular complexity index is 950. The van der Waals surface area contributed by atoms with Gasteiger partial charge in [0.25, 0.3) is 0 Å². The zero-order valence-corrected chi connectivity index (χ0v) is 16.0.